The first kappa shape index (κ1) is 17.9. The predicted molar refractivity (Wildman–Crippen MR) is 97.3 cm³/mol. The number of hydrazone groups is 1. The highest BCUT2D eigenvalue weighted by Gasteiger charge is 2.32. The van der Waals surface area contributed by atoms with E-state index in [1.54, 1.807) is 0 Å². The van der Waals surface area contributed by atoms with Gasteiger partial charge in [-0.2, -0.15) is 5.10 Å². The Balaban J connectivity index is 1.89. The van der Waals surface area contributed by atoms with Crippen LogP contribution in [0.25, 0.3) is 0 Å². The van der Waals surface area contributed by atoms with Gasteiger partial charge in [0.25, 0.3) is 0 Å². The molecule has 26 heavy (non-hydrogen) atoms. The lowest BCUT2D eigenvalue weighted by Gasteiger charge is -2.22. The van der Waals surface area contributed by atoms with Crippen LogP contribution in [-0.4, -0.2) is 22.6 Å². The Morgan fingerprint density at radius 1 is 1.00 bits per heavy atom. The number of carboxylic acid groups (broad SMARTS) is 1. The van der Waals surface area contributed by atoms with Gasteiger partial charge in [-0.3, -0.25) is 4.79 Å². The Morgan fingerprint density at radius 3 is 2.15 bits per heavy atom. The summed E-state index contributed by atoms with van der Waals surface area (Å²) in [5, 5.41) is 16.7. The zero-order chi connectivity index (χ0) is 18.7. The lowest BCUT2D eigenvalue weighted by atomic mass is 9.97. The van der Waals surface area contributed by atoms with Gasteiger partial charge in [-0.1, -0.05) is 59.7 Å². The van der Waals surface area contributed by atoms with Crippen molar-refractivity contribution >= 4 is 17.6 Å². The van der Waals surface area contributed by atoms with E-state index in [4.69, 9.17) is 0 Å². The lowest BCUT2D eigenvalue weighted by Crippen LogP contribution is -2.29. The molecular weight excluding hydrogens is 328 g/mol. The monoisotopic (exact) mass is 349 g/mol. The molecule has 0 spiro atoms. The van der Waals surface area contributed by atoms with Gasteiger partial charge in [-0.15, -0.1) is 0 Å². The maximum Gasteiger partial charge on any atom is 0.243 e. The molecule has 3 rings (SSSR count). The number of carbonyl (C=O) groups is 2. The van der Waals surface area contributed by atoms with Crippen LogP contribution in [0.2, 0.25) is 0 Å². The molecular formula is C21H21N2O3-. The van der Waals surface area contributed by atoms with Gasteiger partial charge in [0.1, 0.15) is 0 Å². The number of hydrogen-bond acceptors (Lipinski definition) is 4. The highest BCUT2D eigenvalue weighted by Crippen LogP contribution is 2.33. The normalized spacial score (nSPS) is 16.5. The smallest absolute Gasteiger partial charge is 0.243 e. The third kappa shape index (κ3) is 3.99. The molecule has 0 radical (unpaired) electrons. The summed E-state index contributed by atoms with van der Waals surface area (Å²) >= 11 is 0. The van der Waals surface area contributed by atoms with E-state index in [1.807, 2.05) is 62.4 Å². The quantitative estimate of drug-likeness (QED) is 0.832. The van der Waals surface area contributed by atoms with Crippen molar-refractivity contribution in [3.8, 4) is 0 Å². The van der Waals surface area contributed by atoms with Gasteiger partial charge in [0.15, 0.2) is 0 Å². The molecule has 1 atom stereocenters. The first-order chi connectivity index (χ1) is 12.4. The minimum atomic E-state index is -1.23. The second kappa shape index (κ2) is 7.52. The van der Waals surface area contributed by atoms with Gasteiger partial charge < -0.3 is 9.90 Å². The molecule has 0 aliphatic carbocycles. The Kier molecular flexibility index (Phi) is 5.16. The van der Waals surface area contributed by atoms with Crippen LogP contribution in [0.15, 0.2) is 53.6 Å². The first-order valence-electron chi connectivity index (χ1n) is 8.67. The molecule has 0 N–H and O–H groups in total. The topological polar surface area (TPSA) is 72.8 Å². The minimum Gasteiger partial charge on any atom is -0.550 e. The summed E-state index contributed by atoms with van der Waals surface area (Å²) in [6.45, 7) is 4.03. The molecule has 2 aromatic carbocycles. The van der Waals surface area contributed by atoms with Crippen LogP contribution >= 0.6 is 0 Å². The Bertz CT molecular complexity index is 839. The maximum absolute atomic E-state index is 12.6. The minimum absolute atomic E-state index is 0.116. The number of hydrogen-bond donors (Lipinski definition) is 0. The molecule has 5 nitrogen and oxygen atoms in total. The number of rotatable bonds is 5. The number of aryl methyl sites for hydroxylation is 2. The van der Waals surface area contributed by atoms with Crippen LogP contribution in [0, 0.1) is 13.8 Å². The van der Waals surface area contributed by atoms with Crippen LogP contribution < -0.4 is 5.11 Å². The molecule has 0 fully saturated rings. The summed E-state index contributed by atoms with van der Waals surface area (Å²) in [5.41, 5.74) is 5.09. The van der Waals surface area contributed by atoms with E-state index in [9.17, 15) is 14.7 Å². The van der Waals surface area contributed by atoms with Crippen LogP contribution in [0.1, 0.15) is 47.6 Å². The van der Waals surface area contributed by atoms with Crippen molar-refractivity contribution in [2.24, 2.45) is 5.10 Å². The van der Waals surface area contributed by atoms with E-state index in [2.05, 4.69) is 5.10 Å². The number of aliphatic carboxylic acids is 1. The van der Waals surface area contributed by atoms with E-state index in [0.29, 0.717) is 6.42 Å². The Morgan fingerprint density at radius 2 is 1.58 bits per heavy atom. The largest absolute Gasteiger partial charge is 0.550 e. The molecule has 1 amide bonds. The molecule has 1 heterocycles. The summed E-state index contributed by atoms with van der Waals surface area (Å²) in [6.07, 6.45) is 0.184. The third-order valence-corrected chi connectivity index (χ3v) is 4.56. The molecule has 0 bridgehead atoms. The van der Waals surface area contributed by atoms with Gasteiger partial charge in [0.05, 0.1) is 11.8 Å². The predicted octanol–water partition coefficient (Wildman–Crippen LogP) is 2.51. The molecule has 5 heteroatoms. The lowest BCUT2D eigenvalue weighted by molar-refractivity contribution is -0.305. The fraction of sp³-hybridized carbons (Fsp3) is 0.286. The fourth-order valence-electron chi connectivity index (χ4n) is 3.03. The van der Waals surface area contributed by atoms with E-state index < -0.39 is 5.97 Å². The summed E-state index contributed by atoms with van der Waals surface area (Å²) in [7, 11) is 0. The molecule has 1 aliphatic heterocycles. The second-order valence-corrected chi connectivity index (χ2v) is 6.65. The van der Waals surface area contributed by atoms with Crippen molar-refractivity contribution in [1.29, 1.82) is 0 Å². The van der Waals surface area contributed by atoms with Gasteiger partial charge in [0.2, 0.25) is 5.91 Å². The molecule has 0 unspecified atom stereocenters. The van der Waals surface area contributed by atoms with Crippen LogP contribution in [0.4, 0.5) is 0 Å². The average Bonchev–Trinajstić information content (AvgIpc) is 3.06. The summed E-state index contributed by atoms with van der Waals surface area (Å²) in [5.74, 6) is -1.53. The van der Waals surface area contributed by atoms with Crippen molar-refractivity contribution in [2.45, 2.75) is 39.2 Å². The fourth-order valence-corrected chi connectivity index (χ4v) is 3.03. The number of amides is 1. The van der Waals surface area contributed by atoms with Crippen molar-refractivity contribution in [2.75, 3.05) is 0 Å². The SMILES string of the molecule is Cc1ccc(C2=NN(C(=O)CCC(=O)[O-])[C@H](c3ccc(C)cc3)C2)cc1. The maximum atomic E-state index is 12.6. The number of benzene rings is 2. The Hall–Kier alpha value is -2.95. The number of carbonyl (C=O) groups excluding carboxylic acids is 2. The van der Waals surface area contributed by atoms with Gasteiger partial charge >= 0.3 is 0 Å². The molecule has 2 aromatic rings. The van der Waals surface area contributed by atoms with Crippen LogP contribution in [0.3, 0.4) is 0 Å². The summed E-state index contributed by atoms with van der Waals surface area (Å²) in [6, 6.07) is 15.8. The van der Waals surface area contributed by atoms with Crippen molar-refractivity contribution in [3.63, 3.8) is 0 Å². The number of nitrogens with zero attached hydrogens (tertiary/aromatic N) is 2. The molecule has 134 valence electrons. The highest BCUT2D eigenvalue weighted by molar-refractivity contribution is 6.03. The van der Waals surface area contributed by atoms with E-state index in [1.165, 1.54) is 5.01 Å². The van der Waals surface area contributed by atoms with Crippen molar-refractivity contribution in [3.05, 3.63) is 70.8 Å². The first-order valence-corrected chi connectivity index (χ1v) is 8.67. The number of carboxylic acids is 1. The standard InChI is InChI=1S/C21H22N2O3/c1-14-3-7-16(8-4-14)18-13-19(17-9-5-15(2)6-10-17)23(22-18)20(24)11-12-21(25)26/h3-10,19H,11-13H2,1-2H3,(H,25,26)/p-1/t19-/m0/s1. The zero-order valence-electron chi connectivity index (χ0n) is 14.9. The average molecular weight is 349 g/mol. The summed E-state index contributed by atoms with van der Waals surface area (Å²) < 4.78 is 0. The molecule has 0 saturated carbocycles. The van der Waals surface area contributed by atoms with Crippen LogP contribution in [0.5, 0.6) is 0 Å². The highest BCUT2D eigenvalue weighted by atomic mass is 16.4. The van der Waals surface area contributed by atoms with Gasteiger partial charge in [0, 0.05) is 18.8 Å². The second-order valence-electron chi connectivity index (χ2n) is 6.65. The van der Waals surface area contributed by atoms with E-state index in [0.717, 1.165) is 28.0 Å². The van der Waals surface area contributed by atoms with Gasteiger partial charge in [-0.25, -0.2) is 5.01 Å². The molecule has 0 aromatic heterocycles. The van der Waals surface area contributed by atoms with Crippen LogP contribution in [-0.2, 0) is 9.59 Å². The Labute approximate surface area is 153 Å². The van der Waals surface area contributed by atoms with Gasteiger partial charge in [-0.05, 0) is 31.4 Å². The molecule has 0 saturated heterocycles. The van der Waals surface area contributed by atoms with E-state index >= 15 is 0 Å². The molecule has 1 aliphatic rings. The van der Waals surface area contributed by atoms with E-state index in [-0.39, 0.29) is 24.8 Å². The zero-order valence-corrected chi connectivity index (χ0v) is 14.9. The summed E-state index contributed by atoms with van der Waals surface area (Å²) in [4.78, 5) is 23.3. The van der Waals surface area contributed by atoms with Crippen molar-refractivity contribution in [1.82, 2.24) is 5.01 Å². The third-order valence-electron chi connectivity index (χ3n) is 4.56. The van der Waals surface area contributed by atoms with Crippen molar-refractivity contribution < 1.29 is 14.7 Å².